The van der Waals surface area contributed by atoms with Gasteiger partial charge in [-0.25, -0.2) is 0 Å². The predicted octanol–water partition coefficient (Wildman–Crippen LogP) is 4.30. The average Bonchev–Trinajstić information content (AvgIpc) is 2.58. The Hall–Kier alpha value is -1.39. The Balaban J connectivity index is 2.10. The number of aliphatic hydroxyl groups is 1. The fraction of sp³-hybridized carbons (Fsp3) is 0.667. The Morgan fingerprint density at radius 2 is 1.52 bits per heavy atom. The molecule has 0 amide bonds. The number of benzene rings is 1. The quantitative estimate of drug-likeness (QED) is 0.413. The van der Waals surface area contributed by atoms with Crippen LogP contribution in [0, 0.1) is 0 Å². The van der Waals surface area contributed by atoms with Gasteiger partial charge in [-0.05, 0) is 24.0 Å². The van der Waals surface area contributed by atoms with Crippen LogP contribution in [0.5, 0.6) is 0 Å². The van der Waals surface area contributed by atoms with E-state index in [-0.39, 0.29) is 6.42 Å². The zero-order chi connectivity index (χ0) is 18.3. The lowest BCUT2D eigenvalue weighted by molar-refractivity contribution is -0.139. The Morgan fingerprint density at radius 3 is 2.12 bits per heavy atom. The third-order valence-electron chi connectivity index (χ3n) is 4.46. The Kier molecular flexibility index (Phi) is 12.0. The zero-order valence-corrected chi connectivity index (χ0v) is 15.7. The fourth-order valence-corrected chi connectivity index (χ4v) is 2.94. The molecular formula is C21H35NO3. The lowest BCUT2D eigenvalue weighted by Gasteiger charge is -2.10. The van der Waals surface area contributed by atoms with Crippen molar-refractivity contribution in [1.82, 2.24) is 5.32 Å². The third-order valence-corrected chi connectivity index (χ3v) is 4.46. The van der Waals surface area contributed by atoms with Crippen LogP contribution >= 0.6 is 0 Å². The first kappa shape index (κ1) is 21.7. The average molecular weight is 350 g/mol. The molecule has 0 saturated carbocycles. The molecule has 4 nitrogen and oxygen atoms in total. The minimum absolute atomic E-state index is 0.218. The van der Waals surface area contributed by atoms with Crippen LogP contribution < -0.4 is 5.32 Å². The summed E-state index contributed by atoms with van der Waals surface area (Å²) in [5.41, 5.74) is 2.53. The van der Waals surface area contributed by atoms with Crippen LogP contribution in [-0.2, 0) is 17.8 Å². The number of aryl methyl sites for hydroxylation is 1. The molecule has 0 aliphatic heterocycles. The number of carboxylic acid groups (broad SMARTS) is 1. The number of aliphatic carboxylic acids is 1. The molecule has 0 spiro atoms. The monoisotopic (exact) mass is 349 g/mol. The zero-order valence-electron chi connectivity index (χ0n) is 15.7. The van der Waals surface area contributed by atoms with Crippen molar-refractivity contribution >= 4 is 5.97 Å². The van der Waals surface area contributed by atoms with Gasteiger partial charge in [0.25, 0.3) is 0 Å². The maximum atomic E-state index is 10.5. The van der Waals surface area contributed by atoms with Crippen molar-refractivity contribution in [3.63, 3.8) is 0 Å². The molecule has 142 valence electrons. The van der Waals surface area contributed by atoms with Crippen LogP contribution in [0.4, 0.5) is 0 Å². The molecule has 0 fully saturated rings. The number of hydrogen-bond donors (Lipinski definition) is 3. The van der Waals surface area contributed by atoms with E-state index in [9.17, 15) is 9.90 Å². The largest absolute Gasteiger partial charge is 0.481 e. The summed E-state index contributed by atoms with van der Waals surface area (Å²) in [7, 11) is 0. The van der Waals surface area contributed by atoms with Gasteiger partial charge in [-0.2, -0.15) is 0 Å². The van der Waals surface area contributed by atoms with E-state index in [1.807, 2.05) is 0 Å². The van der Waals surface area contributed by atoms with Gasteiger partial charge in [0.05, 0.1) is 12.5 Å². The van der Waals surface area contributed by atoms with E-state index in [1.54, 1.807) is 0 Å². The molecular weight excluding hydrogens is 314 g/mol. The van der Waals surface area contributed by atoms with Gasteiger partial charge in [-0.15, -0.1) is 0 Å². The number of nitrogens with one attached hydrogen (secondary N) is 1. The number of aliphatic hydroxyl groups excluding tert-OH is 1. The third kappa shape index (κ3) is 11.7. The predicted molar refractivity (Wildman–Crippen MR) is 103 cm³/mol. The first-order valence-corrected chi connectivity index (χ1v) is 9.80. The molecule has 1 aromatic carbocycles. The summed E-state index contributed by atoms with van der Waals surface area (Å²) in [6, 6.07) is 8.56. The van der Waals surface area contributed by atoms with Crippen molar-refractivity contribution in [2.75, 3.05) is 6.54 Å². The number of carboxylic acids is 1. The van der Waals surface area contributed by atoms with E-state index < -0.39 is 12.1 Å². The van der Waals surface area contributed by atoms with E-state index in [0.29, 0.717) is 13.1 Å². The van der Waals surface area contributed by atoms with Gasteiger partial charge >= 0.3 is 5.97 Å². The van der Waals surface area contributed by atoms with E-state index in [1.165, 1.54) is 56.9 Å². The summed E-state index contributed by atoms with van der Waals surface area (Å²) in [6.45, 7) is 3.20. The molecule has 1 atom stereocenters. The molecule has 4 heteroatoms. The molecule has 0 radical (unpaired) electrons. The van der Waals surface area contributed by atoms with Gasteiger partial charge in [0.1, 0.15) is 0 Å². The summed E-state index contributed by atoms with van der Waals surface area (Å²) >= 11 is 0. The van der Waals surface area contributed by atoms with Gasteiger partial charge in [-0.1, -0.05) is 76.1 Å². The summed E-state index contributed by atoms with van der Waals surface area (Å²) < 4.78 is 0. The van der Waals surface area contributed by atoms with Crippen molar-refractivity contribution in [3.8, 4) is 0 Å². The number of unbranched alkanes of at least 4 members (excludes halogenated alkanes) is 7. The smallest absolute Gasteiger partial charge is 0.306 e. The Bertz CT molecular complexity index is 459. The van der Waals surface area contributed by atoms with Crippen molar-refractivity contribution in [2.24, 2.45) is 0 Å². The number of hydrogen-bond acceptors (Lipinski definition) is 3. The van der Waals surface area contributed by atoms with E-state index >= 15 is 0 Å². The fourth-order valence-electron chi connectivity index (χ4n) is 2.94. The summed E-state index contributed by atoms with van der Waals surface area (Å²) in [6.07, 6.45) is 10.8. The summed E-state index contributed by atoms with van der Waals surface area (Å²) in [5, 5.41) is 21.2. The van der Waals surface area contributed by atoms with E-state index in [2.05, 4.69) is 36.5 Å². The Morgan fingerprint density at radius 1 is 0.960 bits per heavy atom. The second-order valence-corrected chi connectivity index (χ2v) is 6.92. The van der Waals surface area contributed by atoms with Crippen LogP contribution in [-0.4, -0.2) is 28.8 Å². The Labute approximate surface area is 152 Å². The van der Waals surface area contributed by atoms with Crippen LogP contribution in [0.2, 0.25) is 0 Å². The maximum absolute atomic E-state index is 10.5. The van der Waals surface area contributed by atoms with Gasteiger partial charge in [0, 0.05) is 13.1 Å². The van der Waals surface area contributed by atoms with E-state index in [4.69, 9.17) is 5.11 Å². The summed E-state index contributed by atoms with van der Waals surface area (Å²) in [5.74, 6) is -0.973. The highest BCUT2D eigenvalue weighted by Gasteiger charge is 2.08. The van der Waals surface area contributed by atoms with Crippen molar-refractivity contribution in [1.29, 1.82) is 0 Å². The molecule has 0 aromatic heterocycles. The van der Waals surface area contributed by atoms with Gasteiger partial charge in [-0.3, -0.25) is 4.79 Å². The second-order valence-electron chi connectivity index (χ2n) is 6.92. The van der Waals surface area contributed by atoms with Crippen molar-refractivity contribution in [3.05, 3.63) is 35.4 Å². The molecule has 0 heterocycles. The molecule has 25 heavy (non-hydrogen) atoms. The molecule has 0 aliphatic carbocycles. The van der Waals surface area contributed by atoms with Gasteiger partial charge < -0.3 is 15.5 Å². The standard InChI is InChI=1S/C21H35NO3/c1-2-3-4-5-6-7-8-9-10-18-11-13-19(14-12-18)16-22-17-20(23)15-21(24)25/h11-14,20,22-23H,2-10,15-17H2,1H3,(H,24,25). The first-order valence-electron chi connectivity index (χ1n) is 9.80. The number of carbonyl (C=O) groups is 1. The summed E-state index contributed by atoms with van der Waals surface area (Å²) in [4.78, 5) is 10.5. The topological polar surface area (TPSA) is 69.6 Å². The van der Waals surface area contributed by atoms with Crippen LogP contribution in [0.15, 0.2) is 24.3 Å². The molecule has 1 rings (SSSR count). The molecule has 0 bridgehead atoms. The molecule has 1 aromatic rings. The SMILES string of the molecule is CCCCCCCCCCc1ccc(CNCC(O)CC(=O)O)cc1. The second kappa shape index (κ2) is 13.9. The van der Waals surface area contributed by atoms with Crippen LogP contribution in [0.1, 0.15) is 75.8 Å². The molecule has 1 unspecified atom stereocenters. The first-order chi connectivity index (χ1) is 12.1. The van der Waals surface area contributed by atoms with Gasteiger partial charge in [0.15, 0.2) is 0 Å². The van der Waals surface area contributed by atoms with Crippen molar-refractivity contribution in [2.45, 2.75) is 83.8 Å². The minimum atomic E-state index is -0.973. The lowest BCUT2D eigenvalue weighted by atomic mass is 10.0. The highest BCUT2D eigenvalue weighted by Crippen LogP contribution is 2.12. The van der Waals surface area contributed by atoms with Crippen LogP contribution in [0.3, 0.4) is 0 Å². The number of rotatable bonds is 15. The normalized spacial score (nSPS) is 12.2. The van der Waals surface area contributed by atoms with Gasteiger partial charge in [0.2, 0.25) is 0 Å². The molecule has 0 saturated heterocycles. The molecule has 3 N–H and O–H groups in total. The maximum Gasteiger partial charge on any atom is 0.306 e. The van der Waals surface area contributed by atoms with Crippen molar-refractivity contribution < 1.29 is 15.0 Å². The highest BCUT2D eigenvalue weighted by molar-refractivity contribution is 5.67. The molecule has 0 aliphatic rings. The van der Waals surface area contributed by atoms with E-state index in [0.717, 1.165) is 12.0 Å². The highest BCUT2D eigenvalue weighted by atomic mass is 16.4. The minimum Gasteiger partial charge on any atom is -0.481 e. The van der Waals surface area contributed by atoms with Crippen LogP contribution in [0.25, 0.3) is 0 Å². The lowest BCUT2D eigenvalue weighted by Crippen LogP contribution is -2.28.